The molecule has 1 saturated carbocycles. The smallest absolute Gasteiger partial charge is 0.295 e. The topological polar surface area (TPSA) is 76.1 Å². The number of likely N-dealkylation sites (tertiary alicyclic amines) is 1. The maximum absolute atomic E-state index is 13.5. The highest BCUT2D eigenvalue weighted by Gasteiger charge is 2.49. The third kappa shape index (κ3) is 4.86. The Morgan fingerprint density at radius 3 is 2.36 bits per heavy atom. The Labute approximate surface area is 213 Å². The molecule has 2 aromatic rings. The number of rotatable bonds is 6. The lowest BCUT2D eigenvalue weighted by Gasteiger charge is -2.31. The van der Waals surface area contributed by atoms with Crippen molar-refractivity contribution in [3.63, 3.8) is 0 Å². The molecule has 192 valence electrons. The van der Waals surface area contributed by atoms with Crippen LogP contribution in [0.2, 0.25) is 0 Å². The zero-order valence-corrected chi connectivity index (χ0v) is 22.1. The zero-order chi connectivity index (χ0) is 26.2. The van der Waals surface area contributed by atoms with Crippen LogP contribution in [0.3, 0.4) is 0 Å². The number of ketones is 1. The van der Waals surface area contributed by atoms with Gasteiger partial charge in [-0.25, -0.2) is 0 Å². The normalized spacial score (nSPS) is 20.4. The molecule has 1 aliphatic heterocycles. The van der Waals surface area contributed by atoms with Gasteiger partial charge in [-0.3, -0.25) is 9.59 Å². The van der Waals surface area contributed by atoms with Gasteiger partial charge in [-0.05, 0) is 67.5 Å². The van der Waals surface area contributed by atoms with E-state index in [2.05, 4.69) is 20.8 Å². The standard InChI is InChI=1S/C30H37NO5/c1-18(2)36-22-13-9-10-19(16-22)26-25(28(33)29(34)31(26)21-11-7-8-12-21)27(32)23-17-20(30(3,4)5)14-15-24(23)35-6/h9-10,13-18,21,26,32H,7-8,11-12H2,1-6H3/b27-25+. The Morgan fingerprint density at radius 2 is 1.75 bits per heavy atom. The first-order valence-corrected chi connectivity index (χ1v) is 12.8. The SMILES string of the molecule is COc1ccc(C(C)(C)C)cc1/C(O)=C1\C(=O)C(=O)N(C2CCCC2)C1c1cccc(OC(C)C)c1. The number of benzene rings is 2. The van der Waals surface area contributed by atoms with E-state index in [0.29, 0.717) is 17.1 Å². The van der Waals surface area contributed by atoms with Crippen LogP contribution in [0.25, 0.3) is 5.76 Å². The van der Waals surface area contributed by atoms with Crippen LogP contribution in [-0.4, -0.2) is 41.0 Å². The number of Topliss-reactive ketones (excluding diaryl/α,β-unsaturated/α-hetero) is 1. The van der Waals surface area contributed by atoms with Crippen molar-refractivity contribution in [1.29, 1.82) is 0 Å². The molecule has 2 aromatic carbocycles. The molecule has 1 N–H and O–H groups in total. The van der Waals surface area contributed by atoms with Crippen LogP contribution in [0, 0.1) is 0 Å². The van der Waals surface area contributed by atoms with Crippen LogP contribution in [0.1, 0.15) is 83.0 Å². The molecule has 6 heteroatoms. The number of amides is 1. The first-order valence-electron chi connectivity index (χ1n) is 12.8. The molecule has 1 saturated heterocycles. The van der Waals surface area contributed by atoms with E-state index in [1.54, 1.807) is 11.0 Å². The summed E-state index contributed by atoms with van der Waals surface area (Å²) >= 11 is 0. The van der Waals surface area contributed by atoms with Gasteiger partial charge in [0.1, 0.15) is 17.3 Å². The predicted octanol–water partition coefficient (Wildman–Crippen LogP) is 6.14. The molecule has 1 aliphatic carbocycles. The minimum atomic E-state index is -0.702. The third-order valence-corrected chi connectivity index (χ3v) is 7.06. The number of ether oxygens (including phenoxy) is 2. The van der Waals surface area contributed by atoms with E-state index >= 15 is 0 Å². The first-order chi connectivity index (χ1) is 17.0. The number of hydrogen-bond donors (Lipinski definition) is 1. The number of aliphatic hydroxyl groups is 1. The third-order valence-electron chi connectivity index (χ3n) is 7.06. The van der Waals surface area contributed by atoms with Crippen molar-refractivity contribution in [2.24, 2.45) is 0 Å². The second-order valence-electron chi connectivity index (χ2n) is 11.0. The van der Waals surface area contributed by atoms with Crippen LogP contribution in [0.5, 0.6) is 11.5 Å². The van der Waals surface area contributed by atoms with Gasteiger partial charge in [-0.15, -0.1) is 0 Å². The second kappa shape index (κ2) is 10.00. The van der Waals surface area contributed by atoms with Crippen LogP contribution < -0.4 is 9.47 Å². The van der Waals surface area contributed by atoms with E-state index in [0.717, 1.165) is 36.8 Å². The van der Waals surface area contributed by atoms with Gasteiger partial charge < -0.3 is 19.5 Å². The van der Waals surface area contributed by atoms with Gasteiger partial charge >= 0.3 is 0 Å². The summed E-state index contributed by atoms with van der Waals surface area (Å²) < 4.78 is 11.5. The second-order valence-corrected chi connectivity index (χ2v) is 11.0. The van der Waals surface area contributed by atoms with Crippen LogP contribution >= 0.6 is 0 Å². The highest BCUT2D eigenvalue weighted by Crippen LogP contribution is 2.45. The highest BCUT2D eigenvalue weighted by molar-refractivity contribution is 6.46. The molecule has 1 unspecified atom stereocenters. The first kappa shape index (κ1) is 25.8. The minimum Gasteiger partial charge on any atom is -0.507 e. The van der Waals surface area contributed by atoms with Crippen molar-refractivity contribution in [2.45, 2.75) is 83.9 Å². The molecule has 6 nitrogen and oxygen atoms in total. The number of methoxy groups -OCH3 is 1. The number of aliphatic hydroxyl groups excluding tert-OH is 1. The maximum atomic E-state index is 13.5. The molecular formula is C30H37NO5. The van der Waals surface area contributed by atoms with E-state index in [-0.39, 0.29) is 28.9 Å². The molecule has 1 heterocycles. The molecule has 36 heavy (non-hydrogen) atoms. The van der Waals surface area contributed by atoms with E-state index in [4.69, 9.17) is 9.47 Å². The summed E-state index contributed by atoms with van der Waals surface area (Å²) in [6.07, 6.45) is 3.69. The number of carbonyl (C=O) groups excluding carboxylic acids is 2. The predicted molar refractivity (Wildman–Crippen MR) is 140 cm³/mol. The van der Waals surface area contributed by atoms with E-state index in [1.165, 1.54) is 7.11 Å². The molecule has 2 aliphatic rings. The maximum Gasteiger partial charge on any atom is 0.295 e. The lowest BCUT2D eigenvalue weighted by Crippen LogP contribution is -2.37. The Kier molecular flexibility index (Phi) is 7.17. The zero-order valence-electron chi connectivity index (χ0n) is 22.1. The molecule has 0 aromatic heterocycles. The number of nitrogens with zero attached hydrogens (tertiary/aromatic N) is 1. The van der Waals surface area contributed by atoms with Crippen LogP contribution in [-0.2, 0) is 15.0 Å². The summed E-state index contributed by atoms with van der Waals surface area (Å²) in [5.41, 5.74) is 2.05. The average Bonchev–Trinajstić information content (AvgIpc) is 3.44. The fourth-order valence-electron chi connectivity index (χ4n) is 5.27. The van der Waals surface area contributed by atoms with Gasteiger partial charge in [0, 0.05) is 6.04 Å². The summed E-state index contributed by atoms with van der Waals surface area (Å²) in [5.74, 6) is -0.329. The van der Waals surface area contributed by atoms with Crippen molar-refractivity contribution >= 4 is 17.4 Å². The average molecular weight is 492 g/mol. The van der Waals surface area contributed by atoms with Crippen LogP contribution in [0.15, 0.2) is 48.0 Å². The molecule has 1 atom stereocenters. The van der Waals surface area contributed by atoms with E-state index < -0.39 is 17.7 Å². The quantitative estimate of drug-likeness (QED) is 0.298. The summed E-state index contributed by atoms with van der Waals surface area (Å²) in [5, 5.41) is 11.7. The molecular weight excluding hydrogens is 454 g/mol. The summed E-state index contributed by atoms with van der Waals surface area (Å²) in [7, 11) is 1.53. The summed E-state index contributed by atoms with van der Waals surface area (Å²) in [4.78, 5) is 28.7. The van der Waals surface area contributed by atoms with Crippen molar-refractivity contribution < 1.29 is 24.2 Å². The largest absolute Gasteiger partial charge is 0.507 e. The van der Waals surface area contributed by atoms with Gasteiger partial charge in [0.25, 0.3) is 11.7 Å². The monoisotopic (exact) mass is 491 g/mol. The fraction of sp³-hybridized carbons (Fsp3) is 0.467. The van der Waals surface area contributed by atoms with Gasteiger partial charge in [0.2, 0.25) is 0 Å². The van der Waals surface area contributed by atoms with Crippen LogP contribution in [0.4, 0.5) is 0 Å². The number of carbonyl (C=O) groups is 2. The van der Waals surface area contributed by atoms with Gasteiger partial charge in [-0.2, -0.15) is 0 Å². The van der Waals surface area contributed by atoms with Gasteiger partial charge in [0.15, 0.2) is 0 Å². The number of hydrogen-bond acceptors (Lipinski definition) is 5. The van der Waals surface area contributed by atoms with Crippen molar-refractivity contribution in [3.8, 4) is 11.5 Å². The van der Waals surface area contributed by atoms with E-state index in [1.807, 2.05) is 50.2 Å². The molecule has 1 amide bonds. The van der Waals surface area contributed by atoms with E-state index in [9.17, 15) is 14.7 Å². The van der Waals surface area contributed by atoms with Gasteiger partial charge in [-0.1, -0.05) is 51.8 Å². The summed E-state index contributed by atoms with van der Waals surface area (Å²) in [6.45, 7) is 10.1. The highest BCUT2D eigenvalue weighted by atomic mass is 16.5. The fourth-order valence-corrected chi connectivity index (χ4v) is 5.27. The molecule has 0 bridgehead atoms. The molecule has 2 fully saturated rings. The Bertz CT molecular complexity index is 1180. The van der Waals surface area contributed by atoms with Crippen molar-refractivity contribution in [1.82, 2.24) is 4.90 Å². The molecule has 0 radical (unpaired) electrons. The Balaban J connectivity index is 1.93. The minimum absolute atomic E-state index is 0.0224. The van der Waals surface area contributed by atoms with Crippen molar-refractivity contribution in [2.75, 3.05) is 7.11 Å². The molecule has 0 spiro atoms. The Hall–Kier alpha value is -3.28. The summed E-state index contributed by atoms with van der Waals surface area (Å²) in [6, 6.07) is 12.3. The Morgan fingerprint density at radius 1 is 1.06 bits per heavy atom. The lowest BCUT2D eigenvalue weighted by atomic mass is 9.85. The lowest BCUT2D eigenvalue weighted by molar-refractivity contribution is -0.141. The molecule has 4 rings (SSSR count). The van der Waals surface area contributed by atoms with Gasteiger partial charge in [0.05, 0.1) is 30.4 Å². The van der Waals surface area contributed by atoms with Crippen molar-refractivity contribution in [3.05, 3.63) is 64.7 Å².